The Bertz CT molecular complexity index is 519. The van der Waals surface area contributed by atoms with E-state index in [1.807, 2.05) is 36.4 Å². The van der Waals surface area contributed by atoms with Gasteiger partial charge < -0.3 is 10.1 Å². The lowest BCUT2D eigenvalue weighted by molar-refractivity contribution is 0.415. The van der Waals surface area contributed by atoms with Gasteiger partial charge >= 0.3 is 0 Å². The third-order valence-electron chi connectivity index (χ3n) is 3.31. The molecule has 1 N–H and O–H groups in total. The molecule has 0 spiro atoms. The van der Waals surface area contributed by atoms with Crippen molar-refractivity contribution in [2.24, 2.45) is 0 Å². The highest BCUT2D eigenvalue weighted by Crippen LogP contribution is 2.17. The number of nitrogens with one attached hydrogen (secondary N) is 1. The molecule has 0 fully saturated rings. The summed E-state index contributed by atoms with van der Waals surface area (Å²) in [6, 6.07) is 18.8. The SMILES string of the molecule is C=C[C@@H](CCc1ccccc1)Nc1ccc(OC)cc1. The summed E-state index contributed by atoms with van der Waals surface area (Å²) in [5, 5.41) is 3.48. The highest BCUT2D eigenvalue weighted by atomic mass is 16.5. The fourth-order valence-corrected chi connectivity index (χ4v) is 2.12. The minimum atomic E-state index is 0.267. The zero-order valence-corrected chi connectivity index (χ0v) is 11.9. The van der Waals surface area contributed by atoms with Crippen molar-refractivity contribution >= 4 is 5.69 Å². The van der Waals surface area contributed by atoms with Gasteiger partial charge in [0.25, 0.3) is 0 Å². The minimum Gasteiger partial charge on any atom is -0.497 e. The Hall–Kier alpha value is -2.22. The second kappa shape index (κ2) is 7.39. The predicted octanol–water partition coefficient (Wildman–Crippen LogP) is 4.29. The van der Waals surface area contributed by atoms with E-state index in [1.165, 1.54) is 5.56 Å². The number of hydrogen-bond donors (Lipinski definition) is 1. The van der Waals surface area contributed by atoms with Crippen molar-refractivity contribution in [1.82, 2.24) is 0 Å². The summed E-state index contributed by atoms with van der Waals surface area (Å²) in [6.07, 6.45) is 4.04. The van der Waals surface area contributed by atoms with Crippen molar-refractivity contribution in [2.75, 3.05) is 12.4 Å². The summed E-state index contributed by atoms with van der Waals surface area (Å²) in [4.78, 5) is 0. The van der Waals surface area contributed by atoms with E-state index in [4.69, 9.17) is 4.74 Å². The number of anilines is 1. The van der Waals surface area contributed by atoms with Crippen LogP contribution in [0.25, 0.3) is 0 Å². The first-order valence-electron chi connectivity index (χ1n) is 6.89. The summed E-state index contributed by atoms with van der Waals surface area (Å²) in [7, 11) is 1.68. The Morgan fingerprint density at radius 2 is 1.80 bits per heavy atom. The molecule has 0 bridgehead atoms. The molecule has 2 aromatic carbocycles. The van der Waals surface area contributed by atoms with Crippen LogP contribution in [-0.4, -0.2) is 13.2 Å². The molecule has 0 aliphatic carbocycles. The van der Waals surface area contributed by atoms with Crippen molar-refractivity contribution in [3.05, 3.63) is 72.8 Å². The third kappa shape index (κ3) is 4.16. The summed E-state index contributed by atoms with van der Waals surface area (Å²) >= 11 is 0. The maximum absolute atomic E-state index is 5.16. The first-order chi connectivity index (χ1) is 9.81. The first kappa shape index (κ1) is 14.2. The standard InChI is InChI=1S/C18H21NO/c1-3-16(10-9-15-7-5-4-6-8-15)19-17-11-13-18(20-2)14-12-17/h3-8,11-14,16,19H,1,9-10H2,2H3/t16-/m0/s1. The molecule has 0 aliphatic rings. The second-order valence-electron chi connectivity index (χ2n) is 4.74. The largest absolute Gasteiger partial charge is 0.497 e. The predicted molar refractivity (Wildman–Crippen MR) is 85.4 cm³/mol. The molecule has 0 amide bonds. The Kier molecular flexibility index (Phi) is 5.24. The minimum absolute atomic E-state index is 0.267. The highest BCUT2D eigenvalue weighted by molar-refractivity contribution is 5.47. The van der Waals surface area contributed by atoms with E-state index < -0.39 is 0 Å². The normalized spacial score (nSPS) is 11.7. The van der Waals surface area contributed by atoms with Gasteiger partial charge in [-0.1, -0.05) is 36.4 Å². The lowest BCUT2D eigenvalue weighted by Crippen LogP contribution is -2.17. The van der Waals surface area contributed by atoms with Crippen molar-refractivity contribution in [3.63, 3.8) is 0 Å². The number of hydrogen-bond acceptors (Lipinski definition) is 2. The molecule has 0 aliphatic heterocycles. The van der Waals surface area contributed by atoms with Crippen LogP contribution in [0, 0.1) is 0 Å². The topological polar surface area (TPSA) is 21.3 Å². The summed E-state index contributed by atoms with van der Waals surface area (Å²) in [5.41, 5.74) is 2.44. The van der Waals surface area contributed by atoms with Crippen molar-refractivity contribution in [2.45, 2.75) is 18.9 Å². The number of benzene rings is 2. The van der Waals surface area contributed by atoms with E-state index in [2.05, 4.69) is 36.2 Å². The van der Waals surface area contributed by atoms with Crippen molar-refractivity contribution in [1.29, 1.82) is 0 Å². The van der Waals surface area contributed by atoms with Crippen LogP contribution in [0.5, 0.6) is 5.75 Å². The number of ether oxygens (including phenoxy) is 1. The van der Waals surface area contributed by atoms with Gasteiger partial charge in [0.2, 0.25) is 0 Å². The van der Waals surface area contributed by atoms with Gasteiger partial charge in [-0.2, -0.15) is 0 Å². The maximum atomic E-state index is 5.16. The first-order valence-corrected chi connectivity index (χ1v) is 6.89. The third-order valence-corrected chi connectivity index (χ3v) is 3.31. The highest BCUT2D eigenvalue weighted by Gasteiger charge is 2.04. The molecule has 0 aromatic heterocycles. The maximum Gasteiger partial charge on any atom is 0.119 e. The zero-order chi connectivity index (χ0) is 14.2. The van der Waals surface area contributed by atoms with Gasteiger partial charge in [0.1, 0.15) is 5.75 Å². The van der Waals surface area contributed by atoms with Crippen LogP contribution in [0.15, 0.2) is 67.3 Å². The van der Waals surface area contributed by atoms with Gasteiger partial charge in [0.05, 0.1) is 7.11 Å². The van der Waals surface area contributed by atoms with Crippen LogP contribution in [0.4, 0.5) is 5.69 Å². The summed E-state index contributed by atoms with van der Waals surface area (Å²) in [5.74, 6) is 0.870. The van der Waals surface area contributed by atoms with E-state index in [0.29, 0.717) is 0 Å². The van der Waals surface area contributed by atoms with Crippen LogP contribution < -0.4 is 10.1 Å². The molecule has 0 unspecified atom stereocenters. The smallest absolute Gasteiger partial charge is 0.119 e. The fourth-order valence-electron chi connectivity index (χ4n) is 2.12. The molecule has 0 saturated carbocycles. The molecule has 0 radical (unpaired) electrons. The van der Waals surface area contributed by atoms with E-state index in [-0.39, 0.29) is 6.04 Å². The van der Waals surface area contributed by atoms with E-state index >= 15 is 0 Å². The van der Waals surface area contributed by atoms with Gasteiger partial charge in [-0.15, -0.1) is 6.58 Å². The van der Waals surface area contributed by atoms with Crippen LogP contribution in [0.1, 0.15) is 12.0 Å². The Morgan fingerprint density at radius 1 is 1.10 bits per heavy atom. The zero-order valence-electron chi connectivity index (χ0n) is 11.9. The Balaban J connectivity index is 1.89. The molecule has 2 aromatic rings. The molecule has 2 rings (SSSR count). The monoisotopic (exact) mass is 267 g/mol. The molecule has 0 saturated heterocycles. The summed E-state index contributed by atoms with van der Waals surface area (Å²) < 4.78 is 5.16. The molecule has 104 valence electrons. The number of methoxy groups -OCH3 is 1. The quantitative estimate of drug-likeness (QED) is 0.755. The van der Waals surface area contributed by atoms with E-state index in [1.54, 1.807) is 7.11 Å². The lowest BCUT2D eigenvalue weighted by Gasteiger charge is -2.16. The van der Waals surface area contributed by atoms with E-state index in [9.17, 15) is 0 Å². The molecule has 2 nitrogen and oxygen atoms in total. The Morgan fingerprint density at radius 3 is 2.40 bits per heavy atom. The average molecular weight is 267 g/mol. The fraction of sp³-hybridized carbons (Fsp3) is 0.222. The van der Waals surface area contributed by atoms with Crippen molar-refractivity contribution in [3.8, 4) is 5.75 Å². The van der Waals surface area contributed by atoms with Crippen LogP contribution in [0.3, 0.4) is 0 Å². The average Bonchev–Trinajstić information content (AvgIpc) is 2.53. The van der Waals surface area contributed by atoms with Gasteiger partial charge in [-0.25, -0.2) is 0 Å². The molecular formula is C18H21NO. The van der Waals surface area contributed by atoms with Crippen LogP contribution in [-0.2, 0) is 6.42 Å². The molecule has 1 atom stereocenters. The molecular weight excluding hydrogens is 246 g/mol. The van der Waals surface area contributed by atoms with E-state index in [0.717, 1.165) is 24.3 Å². The molecule has 0 heterocycles. The van der Waals surface area contributed by atoms with Gasteiger partial charge in [-0.05, 0) is 42.7 Å². The second-order valence-corrected chi connectivity index (χ2v) is 4.74. The lowest BCUT2D eigenvalue weighted by atomic mass is 10.0. The molecule has 20 heavy (non-hydrogen) atoms. The van der Waals surface area contributed by atoms with Crippen LogP contribution >= 0.6 is 0 Å². The van der Waals surface area contributed by atoms with Gasteiger partial charge in [0, 0.05) is 11.7 Å². The summed E-state index contributed by atoms with van der Waals surface area (Å²) in [6.45, 7) is 3.92. The van der Waals surface area contributed by atoms with Gasteiger partial charge in [0.15, 0.2) is 0 Å². The van der Waals surface area contributed by atoms with Gasteiger partial charge in [-0.3, -0.25) is 0 Å². The molecule has 2 heteroatoms. The number of aryl methyl sites for hydroxylation is 1. The van der Waals surface area contributed by atoms with Crippen molar-refractivity contribution < 1.29 is 4.74 Å². The Labute approximate surface area is 121 Å². The van der Waals surface area contributed by atoms with Crippen LogP contribution in [0.2, 0.25) is 0 Å². The number of rotatable bonds is 7.